The zero-order valence-electron chi connectivity index (χ0n) is 11.6. The number of nitrogens with two attached hydrogens (primary N) is 1. The molecule has 4 nitrogen and oxygen atoms in total. The molecule has 0 unspecified atom stereocenters. The number of aromatic nitrogens is 1. The molecule has 0 fully saturated rings. The van der Waals surface area contributed by atoms with Crippen LogP contribution >= 0.6 is 11.8 Å². The van der Waals surface area contributed by atoms with Gasteiger partial charge in [-0.15, -0.1) is 0 Å². The largest absolute Gasteiger partial charge is 0.393 e. The van der Waals surface area contributed by atoms with Crippen molar-refractivity contribution in [2.75, 3.05) is 0 Å². The van der Waals surface area contributed by atoms with E-state index < -0.39 is 5.25 Å². The molecule has 5 heteroatoms. The summed E-state index contributed by atoms with van der Waals surface area (Å²) in [6.45, 7) is 0. The van der Waals surface area contributed by atoms with E-state index in [-0.39, 0.29) is 11.7 Å². The zero-order chi connectivity index (χ0) is 15.5. The molecule has 0 amide bonds. The van der Waals surface area contributed by atoms with Crippen LogP contribution in [0.25, 0.3) is 0 Å². The fraction of sp³-hybridized carbons (Fsp3) is 0.118. The zero-order valence-corrected chi connectivity index (χ0v) is 12.5. The topological polar surface area (TPSA) is 79.8 Å². The lowest BCUT2D eigenvalue weighted by Gasteiger charge is -2.18. The number of benzene rings is 1. The number of thioether (sulfide) groups is 1. The van der Waals surface area contributed by atoms with Crippen molar-refractivity contribution in [3.05, 3.63) is 76.6 Å². The average molecular weight is 307 g/mol. The van der Waals surface area contributed by atoms with Crippen LogP contribution in [0.3, 0.4) is 0 Å². The van der Waals surface area contributed by atoms with Crippen LogP contribution in [0.1, 0.15) is 21.8 Å². The van der Waals surface area contributed by atoms with Crippen LogP contribution in [0.5, 0.6) is 0 Å². The van der Waals surface area contributed by atoms with Gasteiger partial charge in [0.25, 0.3) is 0 Å². The first kappa shape index (κ1) is 14.4. The van der Waals surface area contributed by atoms with Gasteiger partial charge in [0, 0.05) is 23.9 Å². The van der Waals surface area contributed by atoms with Gasteiger partial charge in [0.1, 0.15) is 0 Å². The maximum absolute atomic E-state index is 12.8. The quantitative estimate of drug-likeness (QED) is 0.882. The Balaban J connectivity index is 2.02. The molecule has 1 aliphatic rings. The first-order chi connectivity index (χ1) is 10.7. The van der Waals surface area contributed by atoms with E-state index in [4.69, 9.17) is 5.73 Å². The number of pyridine rings is 1. The van der Waals surface area contributed by atoms with Gasteiger partial charge in [-0.25, -0.2) is 0 Å². The molecule has 2 aromatic rings. The third-order valence-corrected chi connectivity index (χ3v) is 4.83. The second kappa shape index (κ2) is 6.04. The number of hydrogen-bond acceptors (Lipinski definition) is 5. The van der Waals surface area contributed by atoms with Gasteiger partial charge < -0.3 is 5.73 Å². The molecular weight excluding hydrogens is 294 g/mol. The number of ketones is 1. The molecule has 1 aromatic carbocycles. The minimum absolute atomic E-state index is 0.0207. The Kier molecular flexibility index (Phi) is 3.94. The van der Waals surface area contributed by atoms with Gasteiger partial charge in [-0.1, -0.05) is 48.2 Å². The fourth-order valence-electron chi connectivity index (χ4n) is 2.57. The average Bonchev–Trinajstić information content (AvgIpc) is 2.92. The number of nitrogens with zero attached hydrogens (tertiary/aromatic N) is 2. The maximum Gasteiger partial charge on any atom is 0.177 e. The monoisotopic (exact) mass is 307 g/mol. The molecule has 1 aliphatic heterocycles. The van der Waals surface area contributed by atoms with Crippen molar-refractivity contribution >= 4 is 17.5 Å². The number of Topliss-reactive ketones (excluding diaryl/α,β-unsaturated/α-hetero) is 1. The summed E-state index contributed by atoms with van der Waals surface area (Å²) < 4.78 is 0. The minimum Gasteiger partial charge on any atom is -0.393 e. The van der Waals surface area contributed by atoms with Crippen molar-refractivity contribution in [2.24, 2.45) is 5.73 Å². The van der Waals surface area contributed by atoms with E-state index in [0.29, 0.717) is 16.2 Å². The SMILES string of the molecule is N#CC1=C(N)S[C@@H](C(=O)c2ccccc2)[C@@H]1c1cccnc1. The van der Waals surface area contributed by atoms with E-state index in [1.807, 2.05) is 24.3 Å². The van der Waals surface area contributed by atoms with E-state index in [9.17, 15) is 10.1 Å². The summed E-state index contributed by atoms with van der Waals surface area (Å²) >= 11 is 1.26. The highest BCUT2D eigenvalue weighted by molar-refractivity contribution is 8.04. The molecule has 22 heavy (non-hydrogen) atoms. The van der Waals surface area contributed by atoms with Crippen molar-refractivity contribution < 1.29 is 4.79 Å². The summed E-state index contributed by atoms with van der Waals surface area (Å²) in [6, 6.07) is 14.9. The van der Waals surface area contributed by atoms with Gasteiger partial charge in [0.05, 0.1) is 21.9 Å². The van der Waals surface area contributed by atoms with E-state index in [1.54, 1.807) is 30.6 Å². The molecule has 0 saturated carbocycles. The Morgan fingerprint density at radius 1 is 1.23 bits per heavy atom. The Morgan fingerprint density at radius 2 is 2.00 bits per heavy atom. The fourth-order valence-corrected chi connectivity index (χ4v) is 3.82. The molecule has 0 aliphatic carbocycles. The molecule has 2 atom stereocenters. The van der Waals surface area contributed by atoms with E-state index in [1.165, 1.54) is 11.8 Å². The van der Waals surface area contributed by atoms with Crippen LogP contribution in [0, 0.1) is 11.3 Å². The summed E-state index contributed by atoms with van der Waals surface area (Å²) in [5.41, 5.74) is 7.88. The van der Waals surface area contributed by atoms with E-state index >= 15 is 0 Å². The predicted octanol–water partition coefficient (Wildman–Crippen LogP) is 2.86. The summed E-state index contributed by atoms with van der Waals surface area (Å²) in [5, 5.41) is 9.40. The van der Waals surface area contributed by atoms with Crippen LogP contribution in [0.15, 0.2) is 65.5 Å². The molecule has 0 spiro atoms. The summed E-state index contributed by atoms with van der Waals surface area (Å²) in [7, 11) is 0. The number of carbonyl (C=O) groups is 1. The highest BCUT2D eigenvalue weighted by atomic mass is 32.2. The number of rotatable bonds is 3. The van der Waals surface area contributed by atoms with Gasteiger partial charge in [0.15, 0.2) is 5.78 Å². The second-order valence-electron chi connectivity index (χ2n) is 4.92. The number of hydrogen-bond donors (Lipinski definition) is 1. The van der Waals surface area contributed by atoms with Crippen LogP contribution in [0.2, 0.25) is 0 Å². The van der Waals surface area contributed by atoms with Crippen molar-refractivity contribution in [3.63, 3.8) is 0 Å². The summed E-state index contributed by atoms with van der Waals surface area (Å²) in [5.74, 6) is -0.371. The summed E-state index contributed by atoms with van der Waals surface area (Å²) in [4.78, 5) is 16.9. The second-order valence-corrected chi connectivity index (χ2v) is 6.11. The van der Waals surface area contributed by atoms with Crippen molar-refractivity contribution in [3.8, 4) is 6.07 Å². The smallest absolute Gasteiger partial charge is 0.177 e. The highest BCUT2D eigenvalue weighted by Gasteiger charge is 2.40. The Hall–Kier alpha value is -2.58. The molecule has 1 aromatic heterocycles. The molecular formula is C17H13N3OS. The van der Waals surface area contributed by atoms with Crippen LogP contribution in [-0.4, -0.2) is 16.0 Å². The van der Waals surface area contributed by atoms with Crippen molar-refractivity contribution in [1.82, 2.24) is 4.98 Å². The third-order valence-electron chi connectivity index (χ3n) is 3.61. The summed E-state index contributed by atoms with van der Waals surface area (Å²) in [6.07, 6.45) is 3.35. The Labute approximate surface area is 132 Å². The van der Waals surface area contributed by atoms with Gasteiger partial charge >= 0.3 is 0 Å². The number of allylic oxidation sites excluding steroid dienone is 1. The lowest BCUT2D eigenvalue weighted by molar-refractivity contribution is 0.0985. The molecule has 2 heterocycles. The maximum atomic E-state index is 12.8. The standard InChI is InChI=1S/C17H13N3OS/c18-9-13-14(12-7-4-8-20-10-12)16(22-17(13)19)15(21)11-5-2-1-3-6-11/h1-8,10,14,16H,19H2/t14-,16-/m1/s1. The van der Waals surface area contributed by atoms with Crippen LogP contribution in [-0.2, 0) is 0 Å². The van der Waals surface area contributed by atoms with E-state index in [0.717, 1.165) is 5.56 Å². The van der Waals surface area contributed by atoms with Crippen LogP contribution < -0.4 is 5.73 Å². The van der Waals surface area contributed by atoms with Gasteiger partial charge in [-0.2, -0.15) is 5.26 Å². The number of carbonyl (C=O) groups excluding carboxylic acids is 1. The minimum atomic E-state index is -0.429. The van der Waals surface area contributed by atoms with Gasteiger partial charge in [-0.3, -0.25) is 9.78 Å². The van der Waals surface area contributed by atoms with Gasteiger partial charge in [-0.05, 0) is 11.6 Å². The molecule has 0 radical (unpaired) electrons. The molecule has 0 saturated heterocycles. The lowest BCUT2D eigenvalue weighted by atomic mass is 9.87. The lowest BCUT2D eigenvalue weighted by Crippen LogP contribution is -2.23. The number of nitriles is 1. The first-order valence-electron chi connectivity index (χ1n) is 6.78. The predicted molar refractivity (Wildman–Crippen MR) is 86.0 cm³/mol. The molecule has 3 rings (SSSR count). The van der Waals surface area contributed by atoms with Crippen LogP contribution in [0.4, 0.5) is 0 Å². The normalized spacial score (nSPS) is 20.7. The first-order valence-corrected chi connectivity index (χ1v) is 7.66. The third kappa shape index (κ3) is 2.49. The molecule has 0 bridgehead atoms. The Bertz CT molecular complexity index is 765. The van der Waals surface area contributed by atoms with Crippen molar-refractivity contribution in [2.45, 2.75) is 11.2 Å². The molecule has 108 valence electrons. The highest BCUT2D eigenvalue weighted by Crippen LogP contribution is 2.46. The van der Waals surface area contributed by atoms with Crippen molar-refractivity contribution in [1.29, 1.82) is 5.26 Å². The molecule has 2 N–H and O–H groups in total. The Morgan fingerprint density at radius 3 is 2.64 bits per heavy atom. The van der Waals surface area contributed by atoms with Gasteiger partial charge in [0.2, 0.25) is 0 Å². The van der Waals surface area contributed by atoms with E-state index in [2.05, 4.69) is 11.1 Å².